The largest absolute Gasteiger partial charge is 0.341 e. The lowest BCUT2D eigenvalue weighted by molar-refractivity contribution is -0.139. The van der Waals surface area contributed by atoms with Crippen molar-refractivity contribution in [2.75, 3.05) is 32.0 Å². The first-order chi connectivity index (χ1) is 12.8. The first-order valence-electron chi connectivity index (χ1n) is 8.89. The molecule has 1 aromatic rings. The lowest BCUT2D eigenvalue weighted by atomic mass is 9.78. The van der Waals surface area contributed by atoms with Crippen LogP contribution in [-0.4, -0.2) is 48.4 Å². The maximum absolute atomic E-state index is 12.9. The molecule has 27 heavy (non-hydrogen) atoms. The number of amides is 3. The molecule has 0 bridgehead atoms. The van der Waals surface area contributed by atoms with Crippen molar-refractivity contribution in [1.82, 2.24) is 9.80 Å². The Labute approximate surface area is 159 Å². The van der Waals surface area contributed by atoms with Crippen molar-refractivity contribution in [2.24, 2.45) is 5.41 Å². The molecule has 0 unspecified atom stereocenters. The number of likely N-dealkylation sites (tertiary alicyclic amines) is 1. The van der Waals surface area contributed by atoms with E-state index in [-0.39, 0.29) is 17.8 Å². The minimum absolute atomic E-state index is 0.207. The van der Waals surface area contributed by atoms with Crippen LogP contribution in [0.1, 0.15) is 26.7 Å². The summed E-state index contributed by atoms with van der Waals surface area (Å²) in [5.41, 5.74) is 0.501. The lowest BCUT2D eigenvalue weighted by Gasteiger charge is -2.38. The lowest BCUT2D eigenvalue weighted by Crippen LogP contribution is -2.50. The van der Waals surface area contributed by atoms with E-state index in [1.165, 1.54) is 24.3 Å². The third-order valence-electron chi connectivity index (χ3n) is 4.74. The smallest absolute Gasteiger partial charge is 0.321 e. The van der Waals surface area contributed by atoms with E-state index in [9.17, 15) is 19.2 Å². The fraction of sp³-hybridized carbons (Fsp3) is 0.450. The summed E-state index contributed by atoms with van der Waals surface area (Å²) in [6, 6.07) is 7.38. The predicted molar refractivity (Wildman–Crippen MR) is 101 cm³/mol. The number of likely N-dealkylation sites (N-methyl/N-ethyl adjacent to an activating group) is 1. The highest BCUT2D eigenvalue weighted by Crippen LogP contribution is 2.33. The molecule has 0 aliphatic carbocycles. The first kappa shape index (κ1) is 20.4. The molecule has 0 saturated carbocycles. The molecular formula is C20H25FN4O2. The molecule has 3 amide bonds. The average molecular weight is 372 g/mol. The van der Waals surface area contributed by atoms with Crippen LogP contribution in [0, 0.1) is 22.6 Å². The van der Waals surface area contributed by atoms with Gasteiger partial charge in [-0.25, -0.2) is 9.18 Å². The molecule has 0 atom stereocenters. The molecule has 0 aromatic heterocycles. The van der Waals surface area contributed by atoms with Crippen LogP contribution in [0.3, 0.4) is 0 Å². The van der Waals surface area contributed by atoms with E-state index in [0.717, 1.165) is 5.57 Å². The molecular weight excluding hydrogens is 347 g/mol. The van der Waals surface area contributed by atoms with Crippen LogP contribution in [0.15, 0.2) is 35.9 Å². The fourth-order valence-electron chi connectivity index (χ4n) is 2.97. The molecule has 0 spiro atoms. The van der Waals surface area contributed by atoms with Gasteiger partial charge in [0.25, 0.3) is 0 Å². The monoisotopic (exact) mass is 372 g/mol. The van der Waals surface area contributed by atoms with Crippen LogP contribution >= 0.6 is 0 Å². The van der Waals surface area contributed by atoms with Crippen LogP contribution in [0.25, 0.3) is 0 Å². The molecule has 1 aliphatic rings. The number of nitrogens with zero attached hydrogens (tertiary/aromatic N) is 3. The highest BCUT2D eigenvalue weighted by Gasteiger charge is 2.44. The van der Waals surface area contributed by atoms with Gasteiger partial charge in [-0.05, 0) is 51.0 Å². The van der Waals surface area contributed by atoms with Gasteiger partial charge in [0.2, 0.25) is 5.91 Å². The van der Waals surface area contributed by atoms with Crippen molar-refractivity contribution < 1.29 is 14.0 Å². The van der Waals surface area contributed by atoms with Crippen LogP contribution in [0.5, 0.6) is 0 Å². The predicted octanol–water partition coefficient (Wildman–Crippen LogP) is 3.39. The molecule has 1 aliphatic heterocycles. The quantitative estimate of drug-likeness (QED) is 0.823. The van der Waals surface area contributed by atoms with E-state index in [2.05, 4.69) is 11.4 Å². The number of carbonyl (C=O) groups excluding carboxylic acids is 2. The summed E-state index contributed by atoms with van der Waals surface area (Å²) < 4.78 is 12.9. The van der Waals surface area contributed by atoms with Crippen molar-refractivity contribution >= 4 is 17.6 Å². The zero-order valence-electron chi connectivity index (χ0n) is 16.0. The Morgan fingerprint density at radius 2 is 1.89 bits per heavy atom. The van der Waals surface area contributed by atoms with Crippen molar-refractivity contribution in [3.8, 4) is 6.07 Å². The second-order valence-corrected chi connectivity index (χ2v) is 7.09. The second-order valence-electron chi connectivity index (χ2n) is 7.09. The molecule has 2 rings (SSSR count). The Morgan fingerprint density at radius 3 is 2.41 bits per heavy atom. The molecule has 7 heteroatoms. The van der Waals surface area contributed by atoms with E-state index < -0.39 is 5.41 Å². The summed E-state index contributed by atoms with van der Waals surface area (Å²) in [5.74, 6) is -0.582. The number of carbonyl (C=O) groups is 2. The summed E-state index contributed by atoms with van der Waals surface area (Å²) in [6.07, 6.45) is 2.52. The Bertz CT molecular complexity index is 755. The van der Waals surface area contributed by atoms with E-state index in [0.29, 0.717) is 38.2 Å². The number of hydrogen-bond donors (Lipinski definition) is 1. The average Bonchev–Trinajstić information content (AvgIpc) is 2.67. The summed E-state index contributed by atoms with van der Waals surface area (Å²) >= 11 is 0. The third-order valence-corrected chi connectivity index (χ3v) is 4.74. The van der Waals surface area contributed by atoms with Crippen molar-refractivity contribution in [2.45, 2.75) is 26.7 Å². The molecule has 1 aromatic carbocycles. The van der Waals surface area contributed by atoms with Crippen molar-refractivity contribution in [1.29, 1.82) is 5.26 Å². The van der Waals surface area contributed by atoms with Gasteiger partial charge in [0.1, 0.15) is 11.2 Å². The molecule has 144 valence electrons. The minimum Gasteiger partial charge on any atom is -0.341 e. The van der Waals surface area contributed by atoms with E-state index in [1.807, 2.05) is 19.9 Å². The standard InChI is InChI=1S/C20H25FN4O2/c1-15(2)8-11-24(3)18(26)20(14-22)9-12-25(13-10-20)19(27)23-17-6-4-16(21)5-7-17/h4-8H,9-13H2,1-3H3,(H,23,27). The third kappa shape index (κ3) is 5.07. The molecule has 1 heterocycles. The Balaban J connectivity index is 1.97. The summed E-state index contributed by atoms with van der Waals surface area (Å²) in [4.78, 5) is 28.3. The number of anilines is 1. The summed E-state index contributed by atoms with van der Waals surface area (Å²) in [7, 11) is 1.69. The Hall–Kier alpha value is -2.88. The topological polar surface area (TPSA) is 76.4 Å². The van der Waals surface area contributed by atoms with Crippen molar-refractivity contribution in [3.63, 3.8) is 0 Å². The van der Waals surface area contributed by atoms with Gasteiger partial charge in [-0.2, -0.15) is 5.26 Å². The minimum atomic E-state index is -1.10. The second kappa shape index (κ2) is 8.67. The number of piperidine rings is 1. The van der Waals surface area contributed by atoms with Crippen LogP contribution in [0.2, 0.25) is 0 Å². The van der Waals surface area contributed by atoms with Gasteiger partial charge in [-0.1, -0.05) is 11.6 Å². The van der Waals surface area contributed by atoms with E-state index in [1.54, 1.807) is 16.8 Å². The number of hydrogen-bond acceptors (Lipinski definition) is 3. The molecule has 1 saturated heterocycles. The number of nitriles is 1. The van der Waals surface area contributed by atoms with E-state index >= 15 is 0 Å². The first-order valence-corrected chi connectivity index (χ1v) is 8.89. The number of allylic oxidation sites excluding steroid dienone is 1. The van der Waals surface area contributed by atoms with Crippen LogP contribution in [0.4, 0.5) is 14.9 Å². The zero-order valence-corrected chi connectivity index (χ0v) is 16.0. The van der Waals surface area contributed by atoms with E-state index in [4.69, 9.17) is 0 Å². The van der Waals surface area contributed by atoms with Gasteiger partial charge in [0, 0.05) is 32.4 Å². The van der Waals surface area contributed by atoms with Gasteiger partial charge in [-0.15, -0.1) is 0 Å². The number of benzene rings is 1. The highest BCUT2D eigenvalue weighted by molar-refractivity contribution is 5.90. The summed E-state index contributed by atoms with van der Waals surface area (Å²) in [5, 5.41) is 12.4. The van der Waals surface area contributed by atoms with Gasteiger partial charge >= 0.3 is 6.03 Å². The zero-order chi connectivity index (χ0) is 20.0. The maximum atomic E-state index is 12.9. The SMILES string of the molecule is CC(C)=CCN(C)C(=O)C1(C#N)CCN(C(=O)Nc2ccc(F)cc2)CC1. The Kier molecular flexibility index (Phi) is 6.56. The van der Waals surface area contributed by atoms with Gasteiger partial charge in [0.05, 0.1) is 6.07 Å². The Morgan fingerprint density at radius 1 is 1.30 bits per heavy atom. The number of halogens is 1. The molecule has 1 N–H and O–H groups in total. The van der Waals surface area contributed by atoms with Crippen molar-refractivity contribution in [3.05, 3.63) is 41.7 Å². The molecule has 6 nitrogen and oxygen atoms in total. The normalized spacial score (nSPS) is 15.4. The number of nitrogens with one attached hydrogen (secondary N) is 1. The molecule has 1 fully saturated rings. The maximum Gasteiger partial charge on any atom is 0.321 e. The van der Waals surface area contributed by atoms with Gasteiger partial charge in [0.15, 0.2) is 0 Å². The fourth-order valence-corrected chi connectivity index (χ4v) is 2.97. The number of rotatable bonds is 4. The number of urea groups is 1. The van der Waals surface area contributed by atoms with Gasteiger partial charge in [-0.3, -0.25) is 4.79 Å². The highest BCUT2D eigenvalue weighted by atomic mass is 19.1. The van der Waals surface area contributed by atoms with Gasteiger partial charge < -0.3 is 15.1 Å². The molecule has 0 radical (unpaired) electrons. The summed E-state index contributed by atoms with van der Waals surface area (Å²) in [6.45, 7) is 4.98. The van der Waals surface area contributed by atoms with Crippen LogP contribution < -0.4 is 5.32 Å². The van der Waals surface area contributed by atoms with Crippen LogP contribution in [-0.2, 0) is 4.79 Å².